The van der Waals surface area contributed by atoms with Gasteiger partial charge < -0.3 is 36.5 Å². The first-order valence-electron chi connectivity index (χ1n) is 13.6. The number of aliphatic carboxylic acids is 2. The van der Waals surface area contributed by atoms with E-state index in [-0.39, 0.29) is 17.6 Å². The molecule has 14 heteroatoms. The number of ether oxygens (including phenoxy) is 2. The highest BCUT2D eigenvalue weighted by atomic mass is 19.4. The lowest BCUT2D eigenvalue weighted by Crippen LogP contribution is -2.57. The molecule has 1 aliphatic heterocycles. The van der Waals surface area contributed by atoms with E-state index < -0.39 is 42.4 Å². The molecule has 40 heavy (non-hydrogen) atoms. The first-order chi connectivity index (χ1) is 18.7. The van der Waals surface area contributed by atoms with Gasteiger partial charge in [0.2, 0.25) is 11.7 Å². The summed E-state index contributed by atoms with van der Waals surface area (Å²) in [5, 5.41) is 19.4. The first kappa shape index (κ1) is 37.0. The van der Waals surface area contributed by atoms with E-state index in [4.69, 9.17) is 30.8 Å². The Morgan fingerprint density at radius 3 is 1.93 bits per heavy atom. The standard InChI is InChI=1S/C24H44N4O5.C2HF3O2/c1-4-6-7-8-9-10-11-12-13-14-15-32-19(5-2)22-21(27-17(3)29)18(28-24(25)26)16-20(33-22)23(30)31;3-2(4,5)1(6)7/h16,18-19,21-22H,4-15H2,1-3H3,(H,27,29)(H,30,31)(H4,25,26,28);(H,6,7)/t18-,19+,21+,22-;/m0./s1. The van der Waals surface area contributed by atoms with Gasteiger partial charge in [-0.2, -0.15) is 13.2 Å². The van der Waals surface area contributed by atoms with Gasteiger partial charge in [0.05, 0.1) is 18.2 Å². The maximum absolute atomic E-state index is 11.8. The number of guanidine groups is 1. The molecule has 4 atom stereocenters. The lowest BCUT2D eigenvalue weighted by Gasteiger charge is -2.39. The third-order valence-electron chi connectivity index (χ3n) is 6.03. The minimum Gasteiger partial charge on any atom is -0.478 e. The predicted octanol–water partition coefficient (Wildman–Crippen LogP) is 3.85. The molecule has 0 saturated carbocycles. The summed E-state index contributed by atoms with van der Waals surface area (Å²) in [6.07, 6.45) is 7.98. The monoisotopic (exact) mass is 582 g/mol. The molecule has 1 rings (SSSR count). The lowest BCUT2D eigenvalue weighted by molar-refractivity contribution is -0.192. The second-order valence-electron chi connectivity index (χ2n) is 9.49. The largest absolute Gasteiger partial charge is 0.490 e. The lowest BCUT2D eigenvalue weighted by atomic mass is 9.93. The Bertz CT molecular complexity index is 834. The van der Waals surface area contributed by atoms with Crippen LogP contribution in [0.2, 0.25) is 0 Å². The SMILES string of the molecule is CCCCCCCCCCCCO[C@H](CC)[C@@H]1OC(C(=O)O)=C[C@H](N=C(N)N)[C@H]1NC(C)=O.O=C(O)C(F)(F)F. The molecule has 0 aromatic heterocycles. The molecule has 0 saturated heterocycles. The minimum absolute atomic E-state index is 0.198. The number of carboxylic acid groups (broad SMARTS) is 2. The maximum atomic E-state index is 11.8. The van der Waals surface area contributed by atoms with Gasteiger partial charge in [-0.05, 0) is 18.9 Å². The van der Waals surface area contributed by atoms with Gasteiger partial charge in [0.1, 0.15) is 6.10 Å². The summed E-state index contributed by atoms with van der Waals surface area (Å²) in [6, 6.07) is -1.41. The zero-order chi connectivity index (χ0) is 30.7. The number of amides is 1. The molecule has 0 spiro atoms. The smallest absolute Gasteiger partial charge is 0.478 e. The number of unbranched alkanes of at least 4 members (excludes halogenated alkanes) is 9. The van der Waals surface area contributed by atoms with Crippen LogP contribution < -0.4 is 16.8 Å². The van der Waals surface area contributed by atoms with E-state index in [2.05, 4.69) is 17.2 Å². The Labute approximate surface area is 233 Å². The summed E-state index contributed by atoms with van der Waals surface area (Å²) < 4.78 is 43.6. The number of carbonyl (C=O) groups is 3. The summed E-state index contributed by atoms with van der Waals surface area (Å²) in [7, 11) is 0. The molecule has 1 amide bonds. The van der Waals surface area contributed by atoms with Crippen molar-refractivity contribution >= 4 is 23.8 Å². The van der Waals surface area contributed by atoms with Crippen LogP contribution in [0.5, 0.6) is 0 Å². The summed E-state index contributed by atoms with van der Waals surface area (Å²) in [5.41, 5.74) is 11.1. The van der Waals surface area contributed by atoms with Gasteiger partial charge in [-0.1, -0.05) is 71.6 Å². The minimum atomic E-state index is -5.08. The van der Waals surface area contributed by atoms with Crippen molar-refractivity contribution in [3.05, 3.63) is 11.8 Å². The van der Waals surface area contributed by atoms with E-state index in [0.717, 1.165) is 12.8 Å². The van der Waals surface area contributed by atoms with E-state index in [9.17, 15) is 27.9 Å². The molecule has 0 aliphatic carbocycles. The molecular weight excluding hydrogens is 537 g/mol. The number of nitrogens with two attached hydrogens (primary N) is 2. The zero-order valence-corrected chi connectivity index (χ0v) is 23.5. The van der Waals surface area contributed by atoms with Crippen LogP contribution in [0.15, 0.2) is 16.8 Å². The highest BCUT2D eigenvalue weighted by molar-refractivity contribution is 5.85. The fourth-order valence-electron chi connectivity index (χ4n) is 4.10. The third-order valence-corrected chi connectivity index (χ3v) is 6.03. The topological polar surface area (TPSA) is 187 Å². The number of nitrogens with zero attached hydrogens (tertiary/aromatic N) is 1. The number of hydrogen-bond donors (Lipinski definition) is 5. The van der Waals surface area contributed by atoms with E-state index in [0.29, 0.717) is 13.0 Å². The fraction of sp³-hybridized carbons (Fsp3) is 0.769. The molecule has 232 valence electrons. The summed E-state index contributed by atoms with van der Waals surface area (Å²) in [4.78, 5) is 36.4. The van der Waals surface area contributed by atoms with Gasteiger partial charge in [-0.15, -0.1) is 0 Å². The fourth-order valence-corrected chi connectivity index (χ4v) is 4.10. The molecule has 0 fully saturated rings. The van der Waals surface area contributed by atoms with Crippen molar-refractivity contribution < 1.29 is 47.2 Å². The second-order valence-corrected chi connectivity index (χ2v) is 9.49. The molecule has 7 N–H and O–H groups in total. The second kappa shape index (κ2) is 19.9. The number of rotatable bonds is 17. The van der Waals surface area contributed by atoms with Crippen LogP contribution in [0.1, 0.15) is 91.4 Å². The van der Waals surface area contributed by atoms with Crippen LogP contribution in [-0.4, -0.2) is 71.1 Å². The molecule has 0 bridgehead atoms. The Kier molecular flexibility index (Phi) is 18.4. The summed E-state index contributed by atoms with van der Waals surface area (Å²) in [6.45, 7) is 6.09. The molecule has 0 aromatic carbocycles. The maximum Gasteiger partial charge on any atom is 0.490 e. The van der Waals surface area contributed by atoms with Crippen molar-refractivity contribution in [1.29, 1.82) is 0 Å². The van der Waals surface area contributed by atoms with Crippen LogP contribution >= 0.6 is 0 Å². The number of carbonyl (C=O) groups excluding carboxylic acids is 1. The Morgan fingerprint density at radius 2 is 1.52 bits per heavy atom. The molecule has 0 aromatic rings. The number of halogens is 3. The van der Waals surface area contributed by atoms with E-state index in [1.54, 1.807) is 0 Å². The molecular formula is C26H45F3N4O7. The number of nitrogens with one attached hydrogen (secondary N) is 1. The van der Waals surface area contributed by atoms with E-state index in [1.807, 2.05) is 6.92 Å². The zero-order valence-electron chi connectivity index (χ0n) is 23.5. The van der Waals surface area contributed by atoms with E-state index >= 15 is 0 Å². The number of alkyl halides is 3. The number of carboxylic acids is 2. The van der Waals surface area contributed by atoms with Gasteiger partial charge in [-0.25, -0.2) is 14.6 Å². The molecule has 1 aliphatic rings. The van der Waals surface area contributed by atoms with Crippen LogP contribution in [0, 0.1) is 0 Å². The van der Waals surface area contributed by atoms with Gasteiger partial charge in [-0.3, -0.25) is 4.79 Å². The Morgan fingerprint density at radius 1 is 1.02 bits per heavy atom. The Hall–Kier alpha value is -3.03. The summed E-state index contributed by atoms with van der Waals surface area (Å²) in [5.74, 6) is -4.72. The Balaban J connectivity index is 0.00000191. The van der Waals surface area contributed by atoms with Crippen molar-refractivity contribution in [2.24, 2.45) is 16.5 Å². The van der Waals surface area contributed by atoms with Crippen molar-refractivity contribution in [2.45, 2.75) is 122 Å². The van der Waals surface area contributed by atoms with Gasteiger partial charge in [0, 0.05) is 13.5 Å². The first-order valence-corrected chi connectivity index (χ1v) is 13.6. The van der Waals surface area contributed by atoms with Gasteiger partial charge >= 0.3 is 18.1 Å². The third kappa shape index (κ3) is 16.2. The molecule has 11 nitrogen and oxygen atoms in total. The molecule has 1 heterocycles. The molecule has 0 radical (unpaired) electrons. The van der Waals surface area contributed by atoms with Crippen LogP contribution in [-0.2, 0) is 23.9 Å². The average Bonchev–Trinajstić information content (AvgIpc) is 2.85. The highest BCUT2D eigenvalue weighted by Crippen LogP contribution is 2.26. The number of aliphatic imine (C=N–C) groups is 1. The van der Waals surface area contributed by atoms with Crippen LogP contribution in [0.4, 0.5) is 13.2 Å². The van der Waals surface area contributed by atoms with Crippen molar-refractivity contribution in [2.75, 3.05) is 6.61 Å². The van der Waals surface area contributed by atoms with E-state index in [1.165, 1.54) is 64.4 Å². The quantitative estimate of drug-likeness (QED) is 0.0964. The molecule has 0 unspecified atom stereocenters. The van der Waals surface area contributed by atoms with Crippen LogP contribution in [0.3, 0.4) is 0 Å². The number of hydrogen-bond acceptors (Lipinski definition) is 6. The van der Waals surface area contributed by atoms with Crippen molar-refractivity contribution in [3.63, 3.8) is 0 Å². The average molecular weight is 583 g/mol. The van der Waals surface area contributed by atoms with Crippen molar-refractivity contribution in [1.82, 2.24) is 5.32 Å². The van der Waals surface area contributed by atoms with Crippen LogP contribution in [0.25, 0.3) is 0 Å². The predicted molar refractivity (Wildman–Crippen MR) is 143 cm³/mol. The normalized spacial score (nSPS) is 19.2. The van der Waals surface area contributed by atoms with Gasteiger partial charge in [0.15, 0.2) is 5.96 Å². The van der Waals surface area contributed by atoms with Crippen molar-refractivity contribution in [3.8, 4) is 0 Å². The highest BCUT2D eigenvalue weighted by Gasteiger charge is 2.42. The van der Waals surface area contributed by atoms with Gasteiger partial charge in [0.25, 0.3) is 0 Å². The summed E-state index contributed by atoms with van der Waals surface area (Å²) >= 11 is 0.